The summed E-state index contributed by atoms with van der Waals surface area (Å²) in [7, 11) is 1.67. The van der Waals surface area contributed by atoms with Gasteiger partial charge in [0.1, 0.15) is 0 Å². The van der Waals surface area contributed by atoms with E-state index < -0.39 is 0 Å². The van der Waals surface area contributed by atoms with Crippen LogP contribution in [-0.2, 0) is 4.74 Å². The van der Waals surface area contributed by atoms with Crippen LogP contribution in [0.15, 0.2) is 35.3 Å². The van der Waals surface area contributed by atoms with E-state index in [1.165, 1.54) is 0 Å². The minimum absolute atomic E-state index is 0.0545. The Kier molecular flexibility index (Phi) is 7.69. The normalized spacial score (nSPS) is 13.1. The molecule has 1 rings (SSSR count). The number of nitrogens with one attached hydrogen (secondary N) is 1. The number of ether oxygens (including phenoxy) is 1. The molecule has 0 bridgehead atoms. The standard InChI is InChI=1S/C15H26N4O/c1-4-5-11-19(14-9-7-6-8-10-14)15(18-16)17-13(2)12-20-3/h6-10,13H,4-5,11-12,16H2,1-3H3,(H,17,18). The Morgan fingerprint density at radius 2 is 2.10 bits per heavy atom. The fraction of sp³-hybridized carbons (Fsp3) is 0.533. The first-order valence-corrected chi connectivity index (χ1v) is 7.08. The molecule has 112 valence electrons. The van der Waals surface area contributed by atoms with Gasteiger partial charge >= 0.3 is 0 Å². The number of para-hydroxylation sites is 1. The van der Waals surface area contributed by atoms with Crippen molar-refractivity contribution >= 4 is 11.6 Å². The second-order valence-electron chi connectivity index (χ2n) is 4.74. The molecule has 0 fully saturated rings. The summed E-state index contributed by atoms with van der Waals surface area (Å²) in [6, 6.07) is 10.2. The lowest BCUT2D eigenvalue weighted by molar-refractivity contribution is 0.185. The fourth-order valence-corrected chi connectivity index (χ4v) is 1.95. The van der Waals surface area contributed by atoms with E-state index >= 15 is 0 Å². The Hall–Kier alpha value is -1.59. The zero-order valence-corrected chi connectivity index (χ0v) is 12.7. The summed E-state index contributed by atoms with van der Waals surface area (Å²) in [6.45, 7) is 5.62. The van der Waals surface area contributed by atoms with Gasteiger partial charge in [-0.1, -0.05) is 31.5 Å². The maximum Gasteiger partial charge on any atom is 0.213 e. The first kappa shape index (κ1) is 16.5. The van der Waals surface area contributed by atoms with Crippen molar-refractivity contribution in [3.63, 3.8) is 0 Å². The molecule has 0 aromatic heterocycles. The third kappa shape index (κ3) is 5.19. The van der Waals surface area contributed by atoms with Crippen molar-refractivity contribution in [2.24, 2.45) is 10.8 Å². The zero-order chi connectivity index (χ0) is 14.8. The molecule has 0 radical (unpaired) electrons. The molecule has 0 aliphatic carbocycles. The van der Waals surface area contributed by atoms with Gasteiger partial charge in [-0.3, -0.25) is 5.43 Å². The second kappa shape index (κ2) is 9.34. The van der Waals surface area contributed by atoms with Gasteiger partial charge < -0.3 is 9.64 Å². The van der Waals surface area contributed by atoms with Gasteiger partial charge in [-0.25, -0.2) is 10.8 Å². The van der Waals surface area contributed by atoms with Crippen LogP contribution in [0.2, 0.25) is 0 Å². The lowest BCUT2D eigenvalue weighted by Crippen LogP contribution is -2.46. The molecule has 5 heteroatoms. The molecule has 3 N–H and O–H groups in total. The molecular weight excluding hydrogens is 252 g/mol. The Bertz CT molecular complexity index is 394. The Balaban J connectivity index is 2.95. The Labute approximate surface area is 121 Å². The summed E-state index contributed by atoms with van der Waals surface area (Å²) in [5.74, 6) is 6.34. The lowest BCUT2D eigenvalue weighted by atomic mass is 10.2. The van der Waals surface area contributed by atoms with E-state index in [-0.39, 0.29) is 6.04 Å². The molecule has 0 aliphatic heterocycles. The topological polar surface area (TPSA) is 62.9 Å². The van der Waals surface area contributed by atoms with Gasteiger partial charge in [0.05, 0.1) is 12.6 Å². The maximum absolute atomic E-state index is 5.66. The quantitative estimate of drug-likeness (QED) is 0.347. The molecule has 0 heterocycles. The number of guanidine groups is 1. The van der Waals surface area contributed by atoms with Gasteiger partial charge in [0, 0.05) is 19.3 Å². The van der Waals surface area contributed by atoms with Crippen LogP contribution in [0.4, 0.5) is 5.69 Å². The summed E-state index contributed by atoms with van der Waals surface area (Å²) in [5.41, 5.74) is 3.80. The highest BCUT2D eigenvalue weighted by Crippen LogP contribution is 2.14. The van der Waals surface area contributed by atoms with E-state index in [4.69, 9.17) is 10.6 Å². The summed E-state index contributed by atoms with van der Waals surface area (Å²) in [6.07, 6.45) is 2.20. The molecule has 0 saturated heterocycles. The third-order valence-electron chi connectivity index (χ3n) is 2.94. The van der Waals surface area contributed by atoms with Crippen LogP contribution < -0.4 is 16.2 Å². The van der Waals surface area contributed by atoms with Gasteiger partial charge in [0.25, 0.3) is 0 Å². The zero-order valence-electron chi connectivity index (χ0n) is 12.7. The molecular formula is C15H26N4O. The molecule has 0 aliphatic rings. The number of benzene rings is 1. The molecule has 1 atom stereocenters. The van der Waals surface area contributed by atoms with Crippen LogP contribution in [0.5, 0.6) is 0 Å². The SMILES string of the molecule is CCCCN(C(=NC(C)COC)NN)c1ccccc1. The largest absolute Gasteiger partial charge is 0.382 e. The molecule has 0 amide bonds. The van der Waals surface area contributed by atoms with Crippen LogP contribution in [0.1, 0.15) is 26.7 Å². The second-order valence-corrected chi connectivity index (χ2v) is 4.74. The number of methoxy groups -OCH3 is 1. The summed E-state index contributed by atoms with van der Waals surface area (Å²) < 4.78 is 5.12. The van der Waals surface area contributed by atoms with E-state index in [1.54, 1.807) is 7.11 Å². The van der Waals surface area contributed by atoms with E-state index in [2.05, 4.69) is 34.4 Å². The van der Waals surface area contributed by atoms with Crippen molar-refractivity contribution in [1.29, 1.82) is 0 Å². The van der Waals surface area contributed by atoms with Gasteiger partial charge in [-0.15, -0.1) is 0 Å². The predicted octanol–water partition coefficient (Wildman–Crippen LogP) is 2.15. The number of aliphatic imine (C=N–C) groups is 1. The highest BCUT2D eigenvalue weighted by molar-refractivity contribution is 5.95. The molecule has 5 nitrogen and oxygen atoms in total. The number of hydrazine groups is 1. The van der Waals surface area contributed by atoms with Crippen molar-refractivity contribution in [2.45, 2.75) is 32.7 Å². The van der Waals surface area contributed by atoms with Crippen LogP contribution in [-0.4, -0.2) is 32.3 Å². The number of hydrogen-bond acceptors (Lipinski definition) is 3. The smallest absolute Gasteiger partial charge is 0.213 e. The Morgan fingerprint density at radius 3 is 2.65 bits per heavy atom. The van der Waals surface area contributed by atoms with E-state index in [1.807, 2.05) is 25.1 Å². The summed E-state index contributed by atoms with van der Waals surface area (Å²) in [5, 5.41) is 0. The van der Waals surface area contributed by atoms with Crippen LogP contribution in [0.25, 0.3) is 0 Å². The van der Waals surface area contributed by atoms with Crippen LogP contribution >= 0.6 is 0 Å². The van der Waals surface area contributed by atoms with Crippen molar-refractivity contribution < 1.29 is 4.74 Å². The maximum atomic E-state index is 5.66. The predicted molar refractivity (Wildman–Crippen MR) is 84.8 cm³/mol. The average molecular weight is 278 g/mol. The minimum atomic E-state index is 0.0545. The fourth-order valence-electron chi connectivity index (χ4n) is 1.95. The monoisotopic (exact) mass is 278 g/mol. The lowest BCUT2D eigenvalue weighted by Gasteiger charge is -2.26. The van der Waals surface area contributed by atoms with Crippen molar-refractivity contribution in [3.05, 3.63) is 30.3 Å². The van der Waals surface area contributed by atoms with E-state index in [0.29, 0.717) is 12.6 Å². The number of nitrogens with two attached hydrogens (primary N) is 1. The van der Waals surface area contributed by atoms with Crippen molar-refractivity contribution in [3.8, 4) is 0 Å². The van der Waals surface area contributed by atoms with Crippen LogP contribution in [0, 0.1) is 0 Å². The molecule has 0 spiro atoms. The first-order valence-electron chi connectivity index (χ1n) is 7.08. The van der Waals surface area contributed by atoms with Gasteiger partial charge in [0.2, 0.25) is 5.96 Å². The highest BCUT2D eigenvalue weighted by atomic mass is 16.5. The van der Waals surface area contributed by atoms with Gasteiger partial charge in [-0.05, 0) is 25.5 Å². The molecule has 1 aromatic rings. The summed E-state index contributed by atoms with van der Waals surface area (Å²) in [4.78, 5) is 6.70. The molecule has 1 aromatic carbocycles. The highest BCUT2D eigenvalue weighted by Gasteiger charge is 2.13. The number of unbranched alkanes of at least 4 members (excludes halogenated alkanes) is 1. The number of rotatable bonds is 7. The third-order valence-corrected chi connectivity index (χ3v) is 2.94. The molecule has 0 saturated carbocycles. The number of anilines is 1. The summed E-state index contributed by atoms with van der Waals surface area (Å²) >= 11 is 0. The van der Waals surface area contributed by atoms with Gasteiger partial charge in [-0.2, -0.15) is 0 Å². The van der Waals surface area contributed by atoms with Crippen molar-refractivity contribution in [1.82, 2.24) is 5.43 Å². The van der Waals surface area contributed by atoms with Gasteiger partial charge in [0.15, 0.2) is 0 Å². The molecule has 1 unspecified atom stereocenters. The first-order chi connectivity index (χ1) is 9.72. The number of nitrogens with zero attached hydrogens (tertiary/aromatic N) is 2. The van der Waals surface area contributed by atoms with E-state index in [0.717, 1.165) is 25.1 Å². The van der Waals surface area contributed by atoms with Crippen LogP contribution in [0.3, 0.4) is 0 Å². The Morgan fingerprint density at radius 1 is 1.40 bits per heavy atom. The minimum Gasteiger partial charge on any atom is -0.382 e. The van der Waals surface area contributed by atoms with E-state index in [9.17, 15) is 0 Å². The average Bonchev–Trinajstić information content (AvgIpc) is 2.47. The molecule has 20 heavy (non-hydrogen) atoms. The number of hydrogen-bond donors (Lipinski definition) is 2. The van der Waals surface area contributed by atoms with Crippen molar-refractivity contribution in [2.75, 3.05) is 25.2 Å².